The van der Waals surface area contributed by atoms with Crippen LogP contribution in [0.5, 0.6) is 17.2 Å². The number of halogens is 1. The highest BCUT2D eigenvalue weighted by Gasteiger charge is 2.34. The Labute approximate surface area is 205 Å². The second-order valence-electron chi connectivity index (χ2n) is 9.46. The van der Waals surface area contributed by atoms with E-state index in [0.29, 0.717) is 54.9 Å². The summed E-state index contributed by atoms with van der Waals surface area (Å²) >= 11 is 0. The maximum Gasteiger partial charge on any atom is 0.203 e. The Balaban J connectivity index is 1.75. The van der Waals surface area contributed by atoms with E-state index < -0.39 is 0 Å². The summed E-state index contributed by atoms with van der Waals surface area (Å²) in [4.78, 5) is 4.39. The van der Waals surface area contributed by atoms with E-state index in [1.54, 1.807) is 27.4 Å². The standard InChI is InChI=1S/C25H33FN6O3/c1-25(2,3)32-24(27-28-29-32)22(17-15-20(33-4)23(35-6)21(16-17)34-5)31-13-11-30(12-14-31)19-10-8-7-9-18(19)26/h7-10,15-16,22H,11-14H2,1-6H3. The fraction of sp³-hybridized carbons (Fsp3) is 0.480. The highest BCUT2D eigenvalue weighted by Crippen LogP contribution is 2.42. The van der Waals surface area contributed by atoms with Crippen LogP contribution in [0, 0.1) is 5.82 Å². The number of rotatable bonds is 7. The number of nitrogens with zero attached hydrogens (tertiary/aromatic N) is 6. The Hall–Kier alpha value is -3.40. The number of ether oxygens (including phenoxy) is 3. The lowest BCUT2D eigenvalue weighted by Crippen LogP contribution is -2.49. The zero-order valence-electron chi connectivity index (χ0n) is 21.2. The first-order valence-electron chi connectivity index (χ1n) is 11.6. The first kappa shape index (κ1) is 24.7. The fourth-order valence-electron chi connectivity index (χ4n) is 4.55. The van der Waals surface area contributed by atoms with Gasteiger partial charge in [-0.3, -0.25) is 4.90 Å². The number of para-hydroxylation sites is 1. The minimum atomic E-state index is -0.327. The Bertz CT molecular complexity index is 1130. The average molecular weight is 485 g/mol. The van der Waals surface area contributed by atoms with Crippen molar-refractivity contribution in [1.82, 2.24) is 25.1 Å². The predicted octanol–water partition coefficient (Wildman–Crippen LogP) is 3.50. The van der Waals surface area contributed by atoms with E-state index >= 15 is 0 Å². The smallest absolute Gasteiger partial charge is 0.203 e. The van der Waals surface area contributed by atoms with Gasteiger partial charge in [-0.25, -0.2) is 9.07 Å². The molecule has 0 amide bonds. The van der Waals surface area contributed by atoms with Gasteiger partial charge in [0.05, 0.1) is 38.6 Å². The first-order valence-corrected chi connectivity index (χ1v) is 11.6. The van der Waals surface area contributed by atoms with Crippen LogP contribution in [0.15, 0.2) is 36.4 Å². The van der Waals surface area contributed by atoms with Crippen molar-refractivity contribution in [1.29, 1.82) is 0 Å². The second-order valence-corrected chi connectivity index (χ2v) is 9.46. The van der Waals surface area contributed by atoms with Gasteiger partial charge in [0.1, 0.15) is 5.82 Å². The van der Waals surface area contributed by atoms with Crippen LogP contribution < -0.4 is 19.1 Å². The van der Waals surface area contributed by atoms with Gasteiger partial charge >= 0.3 is 0 Å². The number of hydrogen-bond acceptors (Lipinski definition) is 8. The Morgan fingerprint density at radius 1 is 0.914 bits per heavy atom. The van der Waals surface area contributed by atoms with Crippen molar-refractivity contribution in [3.05, 3.63) is 53.6 Å². The number of aromatic nitrogens is 4. The number of benzene rings is 2. The number of piperazine rings is 1. The van der Waals surface area contributed by atoms with E-state index in [-0.39, 0.29) is 17.4 Å². The fourth-order valence-corrected chi connectivity index (χ4v) is 4.55. The van der Waals surface area contributed by atoms with E-state index in [2.05, 4.69) is 46.1 Å². The third kappa shape index (κ3) is 4.88. The van der Waals surface area contributed by atoms with Crippen LogP contribution >= 0.6 is 0 Å². The number of anilines is 1. The lowest BCUT2D eigenvalue weighted by molar-refractivity contribution is 0.190. The van der Waals surface area contributed by atoms with Crippen molar-refractivity contribution in [2.45, 2.75) is 32.4 Å². The molecule has 188 valence electrons. The van der Waals surface area contributed by atoms with Crippen LogP contribution in [0.2, 0.25) is 0 Å². The van der Waals surface area contributed by atoms with Crippen molar-refractivity contribution < 1.29 is 18.6 Å². The zero-order chi connectivity index (χ0) is 25.2. The third-order valence-electron chi connectivity index (χ3n) is 6.25. The molecule has 0 radical (unpaired) electrons. The summed E-state index contributed by atoms with van der Waals surface area (Å²) in [7, 11) is 4.78. The largest absolute Gasteiger partial charge is 0.493 e. The number of tetrazole rings is 1. The monoisotopic (exact) mass is 484 g/mol. The summed E-state index contributed by atoms with van der Waals surface area (Å²) in [5.74, 6) is 2.15. The van der Waals surface area contributed by atoms with Crippen molar-refractivity contribution in [3.63, 3.8) is 0 Å². The van der Waals surface area contributed by atoms with Gasteiger partial charge in [0.25, 0.3) is 0 Å². The normalized spacial score (nSPS) is 15.7. The zero-order valence-corrected chi connectivity index (χ0v) is 21.2. The quantitative estimate of drug-likeness (QED) is 0.504. The highest BCUT2D eigenvalue weighted by atomic mass is 19.1. The van der Waals surface area contributed by atoms with Crippen molar-refractivity contribution in [3.8, 4) is 17.2 Å². The molecule has 2 aromatic carbocycles. The van der Waals surface area contributed by atoms with Gasteiger partial charge in [-0.15, -0.1) is 5.10 Å². The molecular formula is C25H33FN6O3. The predicted molar refractivity (Wildman–Crippen MR) is 131 cm³/mol. The summed E-state index contributed by atoms with van der Waals surface area (Å²) in [5, 5.41) is 12.8. The van der Waals surface area contributed by atoms with Crippen molar-refractivity contribution >= 4 is 5.69 Å². The molecule has 0 saturated carbocycles. The molecule has 0 spiro atoms. The molecule has 1 aliphatic heterocycles. The van der Waals surface area contributed by atoms with E-state index in [1.165, 1.54) is 6.07 Å². The first-order chi connectivity index (χ1) is 16.8. The van der Waals surface area contributed by atoms with Crippen LogP contribution in [0.4, 0.5) is 10.1 Å². The lowest BCUT2D eigenvalue weighted by atomic mass is 10.00. The molecule has 0 aliphatic carbocycles. The molecule has 0 bridgehead atoms. The molecule has 35 heavy (non-hydrogen) atoms. The SMILES string of the molecule is COc1cc(C(c2nnnn2C(C)(C)C)N2CCN(c3ccccc3F)CC2)cc(OC)c1OC. The Morgan fingerprint density at radius 3 is 2.09 bits per heavy atom. The Kier molecular flexibility index (Phi) is 7.11. The summed E-state index contributed by atoms with van der Waals surface area (Å²) in [6.45, 7) is 8.90. The maximum absolute atomic E-state index is 14.4. The van der Waals surface area contributed by atoms with Crippen LogP contribution in [-0.2, 0) is 5.54 Å². The van der Waals surface area contributed by atoms with Gasteiger partial charge in [-0.1, -0.05) is 12.1 Å². The molecule has 0 N–H and O–H groups in total. The van der Waals surface area contributed by atoms with Crippen molar-refractivity contribution in [2.24, 2.45) is 0 Å². The third-order valence-corrected chi connectivity index (χ3v) is 6.25. The highest BCUT2D eigenvalue weighted by molar-refractivity contribution is 5.55. The molecule has 10 heteroatoms. The second kappa shape index (κ2) is 10.1. The molecule has 4 rings (SSSR count). The molecule has 1 aromatic heterocycles. The van der Waals surface area contributed by atoms with Gasteiger partial charge < -0.3 is 19.1 Å². The molecule has 3 aromatic rings. The molecule has 1 unspecified atom stereocenters. The van der Waals surface area contributed by atoms with Gasteiger partial charge in [0.2, 0.25) is 5.75 Å². The molecule has 1 saturated heterocycles. The summed E-state index contributed by atoms with van der Waals surface area (Å²) in [6, 6.07) is 10.5. The molecule has 1 aliphatic rings. The lowest BCUT2D eigenvalue weighted by Gasteiger charge is -2.40. The topological polar surface area (TPSA) is 77.8 Å². The van der Waals surface area contributed by atoms with Gasteiger partial charge in [0, 0.05) is 26.2 Å². The van der Waals surface area contributed by atoms with E-state index in [4.69, 9.17) is 14.2 Å². The molecular weight excluding hydrogens is 451 g/mol. The number of methoxy groups -OCH3 is 3. The number of hydrogen-bond donors (Lipinski definition) is 0. The minimum Gasteiger partial charge on any atom is -0.493 e. The average Bonchev–Trinajstić information content (AvgIpc) is 3.34. The summed E-state index contributed by atoms with van der Waals surface area (Å²) in [5.41, 5.74) is 1.21. The van der Waals surface area contributed by atoms with Gasteiger partial charge in [0.15, 0.2) is 17.3 Å². The molecule has 1 atom stereocenters. The van der Waals surface area contributed by atoms with E-state index in [0.717, 1.165) is 5.56 Å². The Morgan fingerprint density at radius 2 is 1.54 bits per heavy atom. The minimum absolute atomic E-state index is 0.209. The molecule has 2 heterocycles. The van der Waals surface area contributed by atoms with E-state index in [1.807, 2.05) is 28.9 Å². The summed E-state index contributed by atoms with van der Waals surface area (Å²) < 4.78 is 33.1. The van der Waals surface area contributed by atoms with Crippen LogP contribution in [0.3, 0.4) is 0 Å². The van der Waals surface area contributed by atoms with E-state index in [9.17, 15) is 4.39 Å². The maximum atomic E-state index is 14.4. The molecule has 1 fully saturated rings. The van der Waals surface area contributed by atoms with Crippen LogP contribution in [-0.4, -0.2) is 72.6 Å². The summed E-state index contributed by atoms with van der Waals surface area (Å²) in [6.07, 6.45) is 0. The van der Waals surface area contributed by atoms with Crippen LogP contribution in [0.1, 0.15) is 38.2 Å². The van der Waals surface area contributed by atoms with Crippen molar-refractivity contribution in [2.75, 3.05) is 52.4 Å². The van der Waals surface area contributed by atoms with Gasteiger partial charge in [-0.05, 0) is 61.0 Å². The van der Waals surface area contributed by atoms with Gasteiger partial charge in [-0.2, -0.15) is 0 Å². The molecule has 9 nitrogen and oxygen atoms in total. The van der Waals surface area contributed by atoms with Crippen LogP contribution in [0.25, 0.3) is 0 Å².